The summed E-state index contributed by atoms with van der Waals surface area (Å²) in [6, 6.07) is -0.392. The predicted molar refractivity (Wildman–Crippen MR) is 61.0 cm³/mol. The van der Waals surface area contributed by atoms with E-state index in [9.17, 15) is 9.90 Å². The van der Waals surface area contributed by atoms with Crippen LogP contribution in [0, 0.1) is 5.92 Å². The Balaban J connectivity index is 2.58. The van der Waals surface area contributed by atoms with Crippen LogP contribution in [0.4, 0.5) is 4.79 Å². The number of piperidine rings is 1. The number of nitrogens with zero attached hydrogens (tertiary/aromatic N) is 1. The Morgan fingerprint density at radius 1 is 1.44 bits per heavy atom. The van der Waals surface area contributed by atoms with Crippen LogP contribution in [-0.4, -0.2) is 46.9 Å². The van der Waals surface area contributed by atoms with Gasteiger partial charge in [-0.25, -0.2) is 4.79 Å². The summed E-state index contributed by atoms with van der Waals surface area (Å²) in [7, 11) is 0. The molecule has 0 radical (unpaired) electrons. The fraction of sp³-hybridized carbons (Fsp3) is 0.909. The molecule has 0 aliphatic carbocycles. The Bertz CT molecular complexity index is 250. The van der Waals surface area contributed by atoms with Crippen molar-refractivity contribution in [3.63, 3.8) is 0 Å². The van der Waals surface area contributed by atoms with E-state index >= 15 is 0 Å². The van der Waals surface area contributed by atoms with Crippen molar-refractivity contribution in [2.45, 2.75) is 45.4 Å². The monoisotopic (exact) mass is 230 g/mol. The Kier molecular flexibility index (Phi) is 3.80. The van der Waals surface area contributed by atoms with Crippen molar-refractivity contribution in [1.82, 2.24) is 4.90 Å². The molecule has 5 heteroatoms. The largest absolute Gasteiger partial charge is 0.444 e. The first-order valence-corrected chi connectivity index (χ1v) is 5.62. The third kappa shape index (κ3) is 3.35. The van der Waals surface area contributed by atoms with Gasteiger partial charge in [-0.3, -0.25) is 0 Å². The molecule has 0 spiro atoms. The van der Waals surface area contributed by atoms with E-state index < -0.39 is 17.7 Å². The molecule has 16 heavy (non-hydrogen) atoms. The number of carbonyl (C=O) groups is 1. The van der Waals surface area contributed by atoms with Crippen LogP contribution in [0.5, 0.6) is 0 Å². The molecule has 1 amide bonds. The smallest absolute Gasteiger partial charge is 0.410 e. The number of likely N-dealkylation sites (tertiary alicyclic amines) is 1. The lowest BCUT2D eigenvalue weighted by Crippen LogP contribution is -2.57. The Morgan fingerprint density at radius 2 is 2.00 bits per heavy atom. The third-order valence-electron chi connectivity index (χ3n) is 2.61. The minimum Gasteiger partial charge on any atom is -0.444 e. The molecule has 5 nitrogen and oxygen atoms in total. The van der Waals surface area contributed by atoms with Crippen LogP contribution in [0.3, 0.4) is 0 Å². The van der Waals surface area contributed by atoms with Crippen molar-refractivity contribution in [1.29, 1.82) is 0 Å². The Morgan fingerprint density at radius 3 is 2.44 bits per heavy atom. The van der Waals surface area contributed by atoms with Gasteiger partial charge in [0, 0.05) is 25.0 Å². The SMILES string of the molecule is C[C@H]1CN(C(=O)OC(C)(C)C)C[C@@H](N)[C@@H]1O. The van der Waals surface area contributed by atoms with E-state index in [-0.39, 0.29) is 12.0 Å². The molecule has 0 saturated carbocycles. The molecule has 1 heterocycles. The van der Waals surface area contributed by atoms with E-state index in [4.69, 9.17) is 10.5 Å². The number of aliphatic hydroxyl groups is 1. The van der Waals surface area contributed by atoms with Crippen molar-refractivity contribution in [3.8, 4) is 0 Å². The highest BCUT2D eigenvalue weighted by molar-refractivity contribution is 5.68. The van der Waals surface area contributed by atoms with Crippen molar-refractivity contribution >= 4 is 6.09 Å². The maximum Gasteiger partial charge on any atom is 0.410 e. The topological polar surface area (TPSA) is 75.8 Å². The number of hydrogen-bond donors (Lipinski definition) is 2. The van der Waals surface area contributed by atoms with Gasteiger partial charge in [-0.05, 0) is 20.8 Å². The van der Waals surface area contributed by atoms with Crippen LogP contribution in [0.25, 0.3) is 0 Å². The molecular formula is C11H22N2O3. The van der Waals surface area contributed by atoms with Gasteiger partial charge in [-0.2, -0.15) is 0 Å². The highest BCUT2D eigenvalue weighted by Gasteiger charge is 2.34. The zero-order valence-electron chi connectivity index (χ0n) is 10.4. The van der Waals surface area contributed by atoms with Crippen LogP contribution in [0.2, 0.25) is 0 Å². The lowest BCUT2D eigenvalue weighted by atomic mass is 9.93. The van der Waals surface area contributed by atoms with E-state index in [0.29, 0.717) is 13.1 Å². The van der Waals surface area contributed by atoms with Gasteiger partial charge < -0.3 is 20.5 Å². The lowest BCUT2D eigenvalue weighted by molar-refractivity contribution is -0.0129. The Labute approximate surface area is 96.6 Å². The van der Waals surface area contributed by atoms with Crippen LogP contribution < -0.4 is 5.73 Å². The van der Waals surface area contributed by atoms with Gasteiger partial charge in [-0.1, -0.05) is 6.92 Å². The molecule has 0 aromatic rings. The normalized spacial score (nSPS) is 31.4. The molecule has 94 valence electrons. The summed E-state index contributed by atoms with van der Waals surface area (Å²) in [5.74, 6) is -0.0173. The number of aliphatic hydroxyl groups excluding tert-OH is 1. The quantitative estimate of drug-likeness (QED) is 0.637. The van der Waals surface area contributed by atoms with Crippen molar-refractivity contribution in [2.75, 3.05) is 13.1 Å². The lowest BCUT2D eigenvalue weighted by Gasteiger charge is -2.38. The van der Waals surface area contributed by atoms with Gasteiger partial charge >= 0.3 is 6.09 Å². The minimum absolute atomic E-state index is 0.0173. The number of carbonyl (C=O) groups excluding carboxylic acids is 1. The first-order chi connectivity index (χ1) is 7.20. The number of amides is 1. The van der Waals surface area contributed by atoms with Crippen molar-refractivity contribution < 1.29 is 14.6 Å². The van der Waals surface area contributed by atoms with Gasteiger partial charge in [0.2, 0.25) is 0 Å². The zero-order chi connectivity index (χ0) is 12.5. The van der Waals surface area contributed by atoms with Crippen LogP contribution in [0.15, 0.2) is 0 Å². The molecule has 1 rings (SSSR count). The summed E-state index contributed by atoms with van der Waals surface area (Å²) < 4.78 is 5.26. The number of rotatable bonds is 0. The molecule has 0 aromatic carbocycles. The second-order valence-electron chi connectivity index (χ2n) is 5.52. The van der Waals surface area contributed by atoms with Crippen molar-refractivity contribution in [3.05, 3.63) is 0 Å². The summed E-state index contributed by atoms with van der Waals surface area (Å²) in [6.07, 6.45) is -0.902. The van der Waals surface area contributed by atoms with Gasteiger partial charge in [0.15, 0.2) is 0 Å². The first kappa shape index (κ1) is 13.3. The predicted octanol–water partition coefficient (Wildman–Crippen LogP) is 0.561. The summed E-state index contributed by atoms with van der Waals surface area (Å²) in [6.45, 7) is 8.19. The molecule has 3 N–H and O–H groups in total. The van der Waals surface area contributed by atoms with E-state index in [1.54, 1.807) is 4.90 Å². The van der Waals surface area contributed by atoms with E-state index in [2.05, 4.69) is 0 Å². The molecule has 0 bridgehead atoms. The van der Waals surface area contributed by atoms with Gasteiger partial charge in [-0.15, -0.1) is 0 Å². The molecule has 0 unspecified atom stereocenters. The number of hydrogen-bond acceptors (Lipinski definition) is 4. The second-order valence-corrected chi connectivity index (χ2v) is 5.52. The summed E-state index contributed by atoms with van der Waals surface area (Å²) in [4.78, 5) is 13.3. The summed E-state index contributed by atoms with van der Waals surface area (Å²) in [5.41, 5.74) is 5.26. The average molecular weight is 230 g/mol. The maximum absolute atomic E-state index is 11.8. The maximum atomic E-state index is 11.8. The number of nitrogens with two attached hydrogens (primary N) is 1. The van der Waals surface area contributed by atoms with Gasteiger partial charge in [0.1, 0.15) is 5.60 Å². The highest BCUT2D eigenvalue weighted by atomic mass is 16.6. The molecular weight excluding hydrogens is 208 g/mol. The Hall–Kier alpha value is -0.810. The van der Waals surface area contributed by atoms with Gasteiger partial charge in [0.05, 0.1) is 6.10 Å². The standard InChI is InChI=1S/C11H22N2O3/c1-7-5-13(6-8(12)9(7)14)10(15)16-11(2,3)4/h7-9,14H,5-6,12H2,1-4H3/t7-,8+,9+/m0/s1. The summed E-state index contributed by atoms with van der Waals surface area (Å²) >= 11 is 0. The molecule has 1 fully saturated rings. The molecule has 1 saturated heterocycles. The van der Waals surface area contributed by atoms with Gasteiger partial charge in [0.25, 0.3) is 0 Å². The zero-order valence-corrected chi connectivity index (χ0v) is 10.4. The molecule has 1 aliphatic heterocycles. The third-order valence-corrected chi connectivity index (χ3v) is 2.61. The second kappa shape index (κ2) is 4.59. The molecule has 1 aliphatic rings. The molecule has 3 atom stereocenters. The fourth-order valence-corrected chi connectivity index (χ4v) is 1.79. The van der Waals surface area contributed by atoms with Crippen LogP contribution in [0.1, 0.15) is 27.7 Å². The number of ether oxygens (including phenoxy) is 1. The van der Waals surface area contributed by atoms with E-state index in [0.717, 1.165) is 0 Å². The first-order valence-electron chi connectivity index (χ1n) is 5.62. The average Bonchev–Trinajstić information content (AvgIpc) is 2.10. The van der Waals surface area contributed by atoms with Crippen LogP contribution in [-0.2, 0) is 4.74 Å². The van der Waals surface area contributed by atoms with Crippen molar-refractivity contribution in [2.24, 2.45) is 11.7 Å². The highest BCUT2D eigenvalue weighted by Crippen LogP contribution is 2.18. The van der Waals surface area contributed by atoms with E-state index in [1.807, 2.05) is 27.7 Å². The summed E-state index contributed by atoms with van der Waals surface area (Å²) in [5, 5.41) is 9.67. The fourth-order valence-electron chi connectivity index (χ4n) is 1.79. The minimum atomic E-state index is -0.543. The van der Waals surface area contributed by atoms with E-state index in [1.165, 1.54) is 0 Å². The molecule has 0 aromatic heterocycles. The van der Waals surface area contributed by atoms with Crippen LogP contribution >= 0.6 is 0 Å².